The molecule has 0 N–H and O–H groups in total. The first-order chi connectivity index (χ1) is 7.08. The fourth-order valence-corrected chi connectivity index (χ4v) is 1.58. The number of aromatic nitrogens is 1. The van der Waals surface area contributed by atoms with Crippen LogP contribution in [0, 0.1) is 0 Å². The van der Waals surface area contributed by atoms with Crippen molar-refractivity contribution in [1.82, 2.24) is 4.98 Å². The van der Waals surface area contributed by atoms with E-state index in [1.54, 1.807) is 0 Å². The molecule has 0 saturated heterocycles. The van der Waals surface area contributed by atoms with Crippen LogP contribution >= 0.6 is 0 Å². The van der Waals surface area contributed by atoms with E-state index in [0.717, 1.165) is 22.4 Å². The summed E-state index contributed by atoms with van der Waals surface area (Å²) in [6.07, 6.45) is 1.83. The van der Waals surface area contributed by atoms with E-state index in [4.69, 9.17) is 4.42 Å². The molecule has 0 aromatic carbocycles. The molecule has 0 unspecified atom stereocenters. The zero-order valence-electron chi connectivity index (χ0n) is 9.74. The van der Waals surface area contributed by atoms with Gasteiger partial charge < -0.3 is 4.42 Å². The van der Waals surface area contributed by atoms with Crippen molar-refractivity contribution in [3.8, 4) is 0 Å². The highest BCUT2D eigenvalue weighted by Crippen LogP contribution is 2.26. The third-order valence-electron chi connectivity index (χ3n) is 2.60. The number of hydrogen-bond donors (Lipinski definition) is 0. The van der Waals surface area contributed by atoms with Crippen LogP contribution in [-0.4, -0.2) is 4.98 Å². The molecule has 2 rings (SSSR count). The first-order valence-corrected chi connectivity index (χ1v) is 5.47. The van der Waals surface area contributed by atoms with E-state index < -0.39 is 0 Å². The van der Waals surface area contributed by atoms with Crippen molar-refractivity contribution in [3.63, 3.8) is 0 Å². The van der Waals surface area contributed by atoms with Crippen LogP contribution in [0.15, 0.2) is 22.7 Å². The molecule has 2 nitrogen and oxygen atoms in total. The smallest absolute Gasteiger partial charge is 0.152 e. The number of nitrogens with zero attached hydrogens (tertiary/aromatic N) is 1. The van der Waals surface area contributed by atoms with Crippen LogP contribution in [0.2, 0.25) is 0 Å². The van der Waals surface area contributed by atoms with Gasteiger partial charge in [0.15, 0.2) is 5.58 Å². The van der Waals surface area contributed by atoms with Crippen LogP contribution in [0.25, 0.3) is 11.0 Å². The Morgan fingerprint density at radius 1 is 1.07 bits per heavy atom. The van der Waals surface area contributed by atoms with Crippen LogP contribution in [0.5, 0.6) is 0 Å². The van der Waals surface area contributed by atoms with Crippen LogP contribution in [-0.2, 0) is 0 Å². The van der Waals surface area contributed by atoms with Gasteiger partial charge in [0.2, 0.25) is 0 Å². The molecular weight excluding hydrogens is 186 g/mol. The van der Waals surface area contributed by atoms with E-state index in [0.29, 0.717) is 11.8 Å². The summed E-state index contributed by atoms with van der Waals surface area (Å²) in [4.78, 5) is 4.39. The number of furan rings is 1. The molecule has 2 heteroatoms. The minimum atomic E-state index is 0.430. The summed E-state index contributed by atoms with van der Waals surface area (Å²) in [5.74, 6) is 1.93. The van der Waals surface area contributed by atoms with E-state index >= 15 is 0 Å². The van der Waals surface area contributed by atoms with Crippen molar-refractivity contribution in [2.75, 3.05) is 0 Å². The Morgan fingerprint density at radius 3 is 2.40 bits per heavy atom. The molecule has 0 bridgehead atoms. The molecule has 2 heterocycles. The Bertz CT molecular complexity index is 462. The standard InChI is InChI=1S/C13H17NO/c1-8(2)11-5-10-6-12(9(3)4)15-13(10)7-14-11/h5-9H,1-4H3. The van der Waals surface area contributed by atoms with E-state index in [1.807, 2.05) is 6.20 Å². The third-order valence-corrected chi connectivity index (χ3v) is 2.60. The SMILES string of the molecule is CC(C)c1cc2cc(C(C)C)oc2cn1. The van der Waals surface area contributed by atoms with Gasteiger partial charge in [-0.3, -0.25) is 4.98 Å². The maximum atomic E-state index is 5.70. The second-order valence-electron chi connectivity index (χ2n) is 4.61. The Balaban J connectivity index is 2.52. The quantitative estimate of drug-likeness (QED) is 0.735. The molecule has 0 radical (unpaired) electrons. The van der Waals surface area contributed by atoms with Crippen LogP contribution in [0.3, 0.4) is 0 Å². The minimum absolute atomic E-state index is 0.430. The monoisotopic (exact) mass is 203 g/mol. The predicted molar refractivity (Wildman–Crippen MR) is 62.2 cm³/mol. The fraction of sp³-hybridized carbons (Fsp3) is 0.462. The van der Waals surface area contributed by atoms with Gasteiger partial charge in [-0.25, -0.2) is 0 Å². The third kappa shape index (κ3) is 1.89. The van der Waals surface area contributed by atoms with E-state index in [-0.39, 0.29) is 0 Å². The van der Waals surface area contributed by atoms with Crippen LogP contribution in [0.1, 0.15) is 51.0 Å². The van der Waals surface area contributed by atoms with Crippen molar-refractivity contribution in [3.05, 3.63) is 29.8 Å². The maximum absolute atomic E-state index is 5.70. The zero-order valence-corrected chi connectivity index (χ0v) is 9.74. The summed E-state index contributed by atoms with van der Waals surface area (Å²) in [6, 6.07) is 4.24. The zero-order chi connectivity index (χ0) is 11.0. The number of rotatable bonds is 2. The Hall–Kier alpha value is -1.31. The second kappa shape index (κ2) is 3.69. The summed E-state index contributed by atoms with van der Waals surface area (Å²) >= 11 is 0. The summed E-state index contributed by atoms with van der Waals surface area (Å²) in [5, 5.41) is 1.16. The van der Waals surface area contributed by atoms with Crippen LogP contribution < -0.4 is 0 Å². The summed E-state index contributed by atoms with van der Waals surface area (Å²) in [5.41, 5.74) is 2.02. The first kappa shape index (κ1) is 10.2. The van der Waals surface area contributed by atoms with E-state index in [9.17, 15) is 0 Å². The van der Waals surface area contributed by atoms with Crippen molar-refractivity contribution in [2.24, 2.45) is 0 Å². The van der Waals surface area contributed by atoms with Crippen molar-refractivity contribution >= 4 is 11.0 Å². The van der Waals surface area contributed by atoms with E-state index in [1.165, 1.54) is 0 Å². The number of hydrogen-bond acceptors (Lipinski definition) is 2. The average molecular weight is 203 g/mol. The van der Waals surface area contributed by atoms with Crippen LogP contribution in [0.4, 0.5) is 0 Å². The molecule has 0 aliphatic carbocycles. The van der Waals surface area contributed by atoms with Gasteiger partial charge in [-0.2, -0.15) is 0 Å². The molecule has 0 atom stereocenters. The van der Waals surface area contributed by atoms with Crippen molar-refractivity contribution < 1.29 is 4.42 Å². The second-order valence-corrected chi connectivity index (χ2v) is 4.61. The Morgan fingerprint density at radius 2 is 1.80 bits per heavy atom. The summed E-state index contributed by atoms with van der Waals surface area (Å²) in [6.45, 7) is 8.57. The predicted octanol–water partition coefficient (Wildman–Crippen LogP) is 4.07. The molecule has 2 aromatic rings. The lowest BCUT2D eigenvalue weighted by Crippen LogP contribution is -1.90. The number of fused-ring (bicyclic) bond motifs is 1. The molecule has 0 aliphatic heterocycles. The molecular formula is C13H17NO. The van der Waals surface area contributed by atoms with Gasteiger partial charge in [-0.05, 0) is 18.1 Å². The summed E-state index contributed by atoms with van der Waals surface area (Å²) in [7, 11) is 0. The first-order valence-electron chi connectivity index (χ1n) is 5.47. The van der Waals surface area contributed by atoms with Crippen molar-refractivity contribution in [2.45, 2.75) is 39.5 Å². The van der Waals surface area contributed by atoms with Crippen molar-refractivity contribution in [1.29, 1.82) is 0 Å². The highest BCUT2D eigenvalue weighted by molar-refractivity contribution is 5.77. The van der Waals surface area contributed by atoms with Gasteiger partial charge in [0.25, 0.3) is 0 Å². The lowest BCUT2D eigenvalue weighted by molar-refractivity contribution is 0.520. The molecule has 0 saturated carbocycles. The average Bonchev–Trinajstić information content (AvgIpc) is 2.59. The largest absolute Gasteiger partial charge is 0.459 e. The lowest BCUT2D eigenvalue weighted by atomic mass is 10.1. The molecule has 0 amide bonds. The molecule has 0 fully saturated rings. The minimum Gasteiger partial charge on any atom is -0.459 e. The number of pyridine rings is 1. The molecule has 15 heavy (non-hydrogen) atoms. The van der Waals surface area contributed by atoms with Gasteiger partial charge in [-0.1, -0.05) is 27.7 Å². The molecule has 0 spiro atoms. The Labute approximate surface area is 90.3 Å². The topological polar surface area (TPSA) is 26.0 Å². The fourth-order valence-electron chi connectivity index (χ4n) is 1.58. The van der Waals surface area contributed by atoms with Gasteiger partial charge in [-0.15, -0.1) is 0 Å². The normalized spacial score (nSPS) is 11.9. The molecule has 0 aliphatic rings. The van der Waals surface area contributed by atoms with Gasteiger partial charge in [0, 0.05) is 17.0 Å². The maximum Gasteiger partial charge on any atom is 0.152 e. The highest BCUT2D eigenvalue weighted by Gasteiger charge is 2.09. The lowest BCUT2D eigenvalue weighted by Gasteiger charge is -2.01. The molecule has 2 aromatic heterocycles. The highest BCUT2D eigenvalue weighted by atomic mass is 16.3. The van der Waals surface area contributed by atoms with Gasteiger partial charge in [0.1, 0.15) is 5.76 Å². The van der Waals surface area contributed by atoms with E-state index in [2.05, 4.69) is 44.8 Å². The molecule has 80 valence electrons. The Kier molecular flexibility index (Phi) is 2.51. The van der Waals surface area contributed by atoms with Gasteiger partial charge in [0.05, 0.1) is 6.20 Å². The summed E-state index contributed by atoms with van der Waals surface area (Å²) < 4.78 is 5.70. The van der Waals surface area contributed by atoms with Gasteiger partial charge >= 0.3 is 0 Å².